The number of halogens is 6. The Kier molecular flexibility index (Phi) is 5.44. The Bertz CT molecular complexity index is 946. The summed E-state index contributed by atoms with van der Waals surface area (Å²) in [5.74, 6) is -3.69. The normalized spacial score (nSPS) is 13.9. The SMILES string of the molecule is Nc1c(NC(=O)OC2CC2)cc(F)c(NCc2cnc(C(F)(F)F)cc2F)c1F. The first-order valence-corrected chi connectivity index (χ1v) is 8.27. The largest absolute Gasteiger partial charge is 0.446 e. The summed E-state index contributed by atoms with van der Waals surface area (Å²) in [6, 6.07) is 0.910. The third kappa shape index (κ3) is 4.81. The number of carbonyl (C=O) groups is 1. The van der Waals surface area contributed by atoms with Gasteiger partial charge >= 0.3 is 12.3 Å². The van der Waals surface area contributed by atoms with Gasteiger partial charge in [-0.25, -0.2) is 18.0 Å². The molecule has 4 N–H and O–H groups in total. The molecule has 0 spiro atoms. The highest BCUT2D eigenvalue weighted by atomic mass is 19.4. The molecule has 1 aromatic carbocycles. The van der Waals surface area contributed by atoms with Crippen LogP contribution in [0, 0.1) is 17.5 Å². The smallest absolute Gasteiger partial charge is 0.433 e. The van der Waals surface area contributed by atoms with Crippen molar-refractivity contribution in [3.63, 3.8) is 0 Å². The number of hydrogen-bond donors (Lipinski definition) is 3. The van der Waals surface area contributed by atoms with E-state index < -0.39 is 53.3 Å². The van der Waals surface area contributed by atoms with Gasteiger partial charge in [0.25, 0.3) is 0 Å². The lowest BCUT2D eigenvalue weighted by molar-refractivity contribution is -0.141. The molecule has 1 amide bonds. The number of nitrogens with two attached hydrogens (primary N) is 1. The molecule has 29 heavy (non-hydrogen) atoms. The number of nitrogen functional groups attached to an aromatic ring is 1. The highest BCUT2D eigenvalue weighted by Crippen LogP contribution is 2.33. The van der Waals surface area contributed by atoms with Crippen LogP contribution < -0.4 is 16.4 Å². The number of rotatable bonds is 5. The van der Waals surface area contributed by atoms with E-state index in [-0.39, 0.29) is 23.4 Å². The third-order valence-corrected chi connectivity index (χ3v) is 3.97. The topological polar surface area (TPSA) is 89.3 Å². The van der Waals surface area contributed by atoms with Crippen molar-refractivity contribution in [2.45, 2.75) is 31.7 Å². The van der Waals surface area contributed by atoms with Crippen molar-refractivity contribution in [1.82, 2.24) is 4.98 Å². The molecular formula is C17H14F6N4O2. The lowest BCUT2D eigenvalue weighted by atomic mass is 10.2. The molecule has 0 saturated heterocycles. The summed E-state index contributed by atoms with van der Waals surface area (Å²) in [5.41, 5.74) is 2.04. The zero-order valence-electron chi connectivity index (χ0n) is 14.5. The minimum absolute atomic E-state index is 0.177. The maximum atomic E-state index is 14.4. The molecule has 0 aliphatic heterocycles. The number of aromatic nitrogens is 1. The van der Waals surface area contributed by atoms with Crippen LogP contribution in [0.15, 0.2) is 18.3 Å². The van der Waals surface area contributed by atoms with Gasteiger partial charge in [0, 0.05) is 30.4 Å². The summed E-state index contributed by atoms with van der Waals surface area (Å²) in [5, 5.41) is 4.35. The van der Waals surface area contributed by atoms with Gasteiger partial charge in [0.05, 0.1) is 11.4 Å². The van der Waals surface area contributed by atoms with Crippen LogP contribution in [0.2, 0.25) is 0 Å². The van der Waals surface area contributed by atoms with Gasteiger partial charge in [-0.3, -0.25) is 10.3 Å². The van der Waals surface area contributed by atoms with Crippen LogP contribution >= 0.6 is 0 Å². The third-order valence-electron chi connectivity index (χ3n) is 3.97. The standard InChI is InChI=1S/C17H14F6N4O2/c18-9-4-12(17(21,22)23)25-5-7(9)6-26-15-10(19)3-11(14(24)13(15)20)27-16(28)29-8-1-2-8/h3-5,8,26H,1-2,6,24H2,(H,27,28). The van der Waals surface area contributed by atoms with Crippen LogP contribution in [-0.4, -0.2) is 17.2 Å². The Balaban J connectivity index is 1.74. The number of hydrogen-bond acceptors (Lipinski definition) is 5. The molecule has 156 valence electrons. The molecule has 0 radical (unpaired) electrons. The monoisotopic (exact) mass is 420 g/mol. The predicted octanol–water partition coefficient (Wildman–Crippen LogP) is 4.42. The lowest BCUT2D eigenvalue weighted by Gasteiger charge is -2.15. The molecule has 1 heterocycles. The van der Waals surface area contributed by atoms with Crippen molar-refractivity contribution in [3.8, 4) is 0 Å². The van der Waals surface area contributed by atoms with Crippen LogP contribution in [0.3, 0.4) is 0 Å². The molecule has 3 rings (SSSR count). The van der Waals surface area contributed by atoms with Crippen LogP contribution in [0.25, 0.3) is 0 Å². The summed E-state index contributed by atoms with van der Waals surface area (Å²) < 4.78 is 84.9. The lowest BCUT2D eigenvalue weighted by Crippen LogP contribution is -2.17. The summed E-state index contributed by atoms with van der Waals surface area (Å²) in [7, 11) is 0. The van der Waals surface area contributed by atoms with Crippen LogP contribution in [-0.2, 0) is 17.5 Å². The van der Waals surface area contributed by atoms with Gasteiger partial charge < -0.3 is 15.8 Å². The van der Waals surface area contributed by atoms with Crippen LogP contribution in [0.1, 0.15) is 24.1 Å². The van der Waals surface area contributed by atoms with Crippen molar-refractivity contribution in [2.24, 2.45) is 0 Å². The Morgan fingerprint density at radius 1 is 1.21 bits per heavy atom. The minimum Gasteiger partial charge on any atom is -0.446 e. The number of pyridine rings is 1. The van der Waals surface area contributed by atoms with E-state index in [9.17, 15) is 31.1 Å². The van der Waals surface area contributed by atoms with Gasteiger partial charge in [-0.05, 0) is 12.8 Å². The molecule has 12 heteroatoms. The fourth-order valence-corrected chi connectivity index (χ4v) is 2.30. The predicted molar refractivity (Wildman–Crippen MR) is 90.4 cm³/mol. The van der Waals surface area contributed by atoms with E-state index in [1.807, 2.05) is 0 Å². The van der Waals surface area contributed by atoms with Crippen LogP contribution in [0.4, 0.5) is 48.2 Å². The second-order valence-corrected chi connectivity index (χ2v) is 6.25. The number of benzene rings is 1. The molecule has 0 atom stereocenters. The summed E-state index contributed by atoms with van der Waals surface area (Å²) in [6.45, 7) is -0.569. The average molecular weight is 420 g/mol. The number of nitrogens with one attached hydrogen (secondary N) is 2. The number of amides is 1. The van der Waals surface area contributed by atoms with Crippen molar-refractivity contribution in [2.75, 3.05) is 16.4 Å². The van der Waals surface area contributed by atoms with E-state index in [1.54, 1.807) is 0 Å². The van der Waals surface area contributed by atoms with E-state index >= 15 is 0 Å². The fourth-order valence-electron chi connectivity index (χ4n) is 2.30. The van der Waals surface area contributed by atoms with Gasteiger partial charge in [0.1, 0.15) is 23.3 Å². The van der Waals surface area contributed by atoms with Gasteiger partial charge in [-0.15, -0.1) is 0 Å². The first kappa shape index (κ1) is 20.6. The van der Waals surface area contributed by atoms with E-state index in [0.717, 1.165) is 6.07 Å². The number of nitrogens with zero attached hydrogens (tertiary/aromatic N) is 1. The number of anilines is 3. The Morgan fingerprint density at radius 3 is 2.48 bits per heavy atom. The van der Waals surface area contributed by atoms with E-state index in [1.165, 1.54) is 0 Å². The minimum atomic E-state index is -4.83. The molecule has 1 aliphatic rings. The molecule has 1 aliphatic carbocycles. The second-order valence-electron chi connectivity index (χ2n) is 6.25. The van der Waals surface area contributed by atoms with Crippen LogP contribution in [0.5, 0.6) is 0 Å². The Hall–Kier alpha value is -3.18. The molecule has 1 aromatic heterocycles. The molecule has 6 nitrogen and oxygen atoms in total. The highest BCUT2D eigenvalue weighted by Gasteiger charge is 2.33. The van der Waals surface area contributed by atoms with E-state index in [2.05, 4.69) is 15.6 Å². The molecule has 1 saturated carbocycles. The number of ether oxygens (including phenoxy) is 1. The zero-order chi connectivity index (χ0) is 21.3. The summed E-state index contributed by atoms with van der Waals surface area (Å²) in [4.78, 5) is 14.7. The molecule has 1 fully saturated rings. The Labute approximate surface area is 160 Å². The second kappa shape index (κ2) is 7.68. The summed E-state index contributed by atoms with van der Waals surface area (Å²) in [6.07, 6.45) is -3.99. The first-order valence-electron chi connectivity index (χ1n) is 8.27. The average Bonchev–Trinajstić information content (AvgIpc) is 3.43. The number of carbonyl (C=O) groups excluding carboxylic acids is 1. The van der Waals surface area contributed by atoms with Gasteiger partial charge in [0.15, 0.2) is 11.6 Å². The van der Waals surface area contributed by atoms with E-state index in [4.69, 9.17) is 10.5 Å². The molecule has 2 aromatic rings. The van der Waals surface area contributed by atoms with Crippen molar-refractivity contribution in [3.05, 3.63) is 47.0 Å². The van der Waals surface area contributed by atoms with E-state index in [0.29, 0.717) is 19.0 Å². The van der Waals surface area contributed by atoms with Crippen molar-refractivity contribution in [1.29, 1.82) is 0 Å². The van der Waals surface area contributed by atoms with Crippen molar-refractivity contribution >= 4 is 23.2 Å². The maximum Gasteiger partial charge on any atom is 0.433 e. The van der Waals surface area contributed by atoms with Gasteiger partial charge in [-0.1, -0.05) is 0 Å². The maximum absolute atomic E-state index is 14.4. The van der Waals surface area contributed by atoms with Gasteiger partial charge in [-0.2, -0.15) is 13.2 Å². The van der Waals surface area contributed by atoms with Gasteiger partial charge in [0.2, 0.25) is 0 Å². The highest BCUT2D eigenvalue weighted by molar-refractivity contribution is 5.90. The quantitative estimate of drug-likeness (QED) is 0.492. The zero-order valence-corrected chi connectivity index (χ0v) is 14.5. The molecular weight excluding hydrogens is 406 g/mol. The van der Waals surface area contributed by atoms with Crippen molar-refractivity contribution < 1.29 is 35.9 Å². The number of alkyl halides is 3. The fraction of sp³-hybridized carbons (Fsp3) is 0.294. The first-order chi connectivity index (χ1) is 13.6. The molecule has 0 unspecified atom stereocenters. The molecule has 0 bridgehead atoms. The summed E-state index contributed by atoms with van der Waals surface area (Å²) >= 11 is 0. The Morgan fingerprint density at radius 2 is 1.90 bits per heavy atom.